The number of hydrogen-bond acceptors (Lipinski definition) is 6. The summed E-state index contributed by atoms with van der Waals surface area (Å²) in [6, 6.07) is 14.4. The van der Waals surface area contributed by atoms with Crippen molar-refractivity contribution in [2.45, 2.75) is 37.5 Å². The average Bonchev–Trinajstić information content (AvgIpc) is 3.16. The first-order valence-corrected chi connectivity index (χ1v) is 11.7. The van der Waals surface area contributed by atoms with Crippen molar-refractivity contribution in [3.8, 4) is 0 Å². The second kappa shape index (κ2) is 8.02. The molecule has 0 aromatic heterocycles. The van der Waals surface area contributed by atoms with Crippen molar-refractivity contribution in [3.05, 3.63) is 71.3 Å². The van der Waals surface area contributed by atoms with Crippen LogP contribution in [0.4, 0.5) is 0 Å². The highest BCUT2D eigenvalue weighted by molar-refractivity contribution is 7.90. The number of carbonyl (C=O) groups excluding carboxylic acids is 3. The van der Waals surface area contributed by atoms with Crippen LogP contribution < -0.4 is 0 Å². The number of rotatable bonds is 4. The van der Waals surface area contributed by atoms with E-state index in [-0.39, 0.29) is 41.2 Å². The van der Waals surface area contributed by atoms with Crippen molar-refractivity contribution in [1.82, 2.24) is 4.31 Å². The van der Waals surface area contributed by atoms with Gasteiger partial charge >= 0.3 is 5.97 Å². The Kier molecular flexibility index (Phi) is 5.50. The molecule has 2 aliphatic rings. The Morgan fingerprint density at radius 3 is 2.25 bits per heavy atom. The van der Waals surface area contributed by atoms with Gasteiger partial charge in [-0.1, -0.05) is 48.0 Å². The smallest absolute Gasteiger partial charge is 0.335 e. The molecular formula is C24H23NO6S. The number of hydrogen-bond donors (Lipinski definition) is 0. The van der Waals surface area contributed by atoms with Gasteiger partial charge in [-0.05, 0) is 37.5 Å². The van der Waals surface area contributed by atoms with Gasteiger partial charge in [0.25, 0.3) is 15.9 Å². The topological polar surface area (TPSA) is 97.8 Å². The molecule has 1 spiro atoms. The van der Waals surface area contributed by atoms with Crippen LogP contribution in [0.25, 0.3) is 5.70 Å². The van der Waals surface area contributed by atoms with Gasteiger partial charge < -0.3 is 4.74 Å². The third-order valence-corrected chi connectivity index (χ3v) is 7.84. The molecule has 1 atom stereocenters. The van der Waals surface area contributed by atoms with Gasteiger partial charge in [0, 0.05) is 12.8 Å². The SMILES string of the molecule is COC(=O)C1=C(c2ccccc2)N(S(=O)(=O)c2ccc(C)cc2)C(=O)[C@]2(CCCC2=O)C1. The van der Waals surface area contributed by atoms with Crippen molar-refractivity contribution in [3.63, 3.8) is 0 Å². The molecule has 1 amide bonds. The molecule has 1 heterocycles. The first kappa shape index (κ1) is 22.0. The molecule has 7 nitrogen and oxygen atoms in total. The average molecular weight is 454 g/mol. The second-order valence-corrected chi connectivity index (χ2v) is 9.89. The largest absolute Gasteiger partial charge is 0.466 e. The molecule has 1 fully saturated rings. The third-order valence-electron chi connectivity index (χ3n) is 6.14. The van der Waals surface area contributed by atoms with Gasteiger partial charge in [-0.15, -0.1) is 0 Å². The summed E-state index contributed by atoms with van der Waals surface area (Å²) in [7, 11) is -3.23. The predicted molar refractivity (Wildman–Crippen MR) is 116 cm³/mol. The van der Waals surface area contributed by atoms with E-state index in [0.29, 0.717) is 16.3 Å². The summed E-state index contributed by atoms with van der Waals surface area (Å²) in [6.45, 7) is 1.82. The second-order valence-electron chi connectivity index (χ2n) is 8.11. The van der Waals surface area contributed by atoms with Gasteiger partial charge in [0.05, 0.1) is 23.3 Å². The van der Waals surface area contributed by atoms with Crippen LogP contribution in [-0.2, 0) is 29.1 Å². The van der Waals surface area contributed by atoms with Crippen LogP contribution in [0.2, 0.25) is 0 Å². The number of aryl methyl sites for hydroxylation is 1. The van der Waals surface area contributed by atoms with Gasteiger partial charge in [0.1, 0.15) is 11.2 Å². The van der Waals surface area contributed by atoms with Crippen LogP contribution >= 0.6 is 0 Å². The first-order valence-electron chi connectivity index (χ1n) is 10.3. The molecule has 1 aliphatic carbocycles. The fourth-order valence-corrected chi connectivity index (χ4v) is 5.99. The molecule has 1 saturated carbocycles. The lowest BCUT2D eigenvalue weighted by molar-refractivity contribution is -0.144. The third kappa shape index (κ3) is 3.35. The molecule has 8 heteroatoms. The van der Waals surface area contributed by atoms with Crippen LogP contribution in [0.15, 0.2) is 65.1 Å². The predicted octanol–water partition coefficient (Wildman–Crippen LogP) is 3.24. The number of esters is 1. The Bertz CT molecular complexity index is 1230. The van der Waals surface area contributed by atoms with Gasteiger partial charge in [-0.25, -0.2) is 17.5 Å². The number of benzene rings is 2. The Balaban J connectivity index is 2.04. The summed E-state index contributed by atoms with van der Waals surface area (Å²) in [6.07, 6.45) is 0.631. The summed E-state index contributed by atoms with van der Waals surface area (Å²) in [5.41, 5.74) is -0.417. The van der Waals surface area contributed by atoms with Gasteiger partial charge in [0.2, 0.25) is 0 Å². The Labute approximate surface area is 186 Å². The molecule has 1 aliphatic heterocycles. The zero-order valence-electron chi connectivity index (χ0n) is 17.8. The number of methoxy groups -OCH3 is 1. The molecule has 32 heavy (non-hydrogen) atoms. The summed E-state index contributed by atoms with van der Waals surface area (Å²) in [5.74, 6) is -1.92. The molecule has 0 radical (unpaired) electrons. The number of nitrogens with zero attached hydrogens (tertiary/aromatic N) is 1. The zero-order chi connectivity index (χ0) is 23.1. The van der Waals surface area contributed by atoms with Crippen molar-refractivity contribution in [2.75, 3.05) is 7.11 Å². The number of amides is 1. The standard InChI is InChI=1S/C24H23NO6S/c1-16-10-12-18(13-11-16)32(29,30)25-21(17-7-4-3-5-8-17)19(22(27)31-2)15-24(23(25)28)14-6-9-20(24)26/h3-5,7-8,10-13H,6,9,14-15H2,1-2H3/t24-/m1/s1. The molecule has 0 N–H and O–H groups in total. The molecule has 0 saturated heterocycles. The quantitative estimate of drug-likeness (QED) is 0.521. The molecule has 2 aromatic carbocycles. The Hall–Kier alpha value is -3.26. The first-order chi connectivity index (χ1) is 15.2. The highest BCUT2D eigenvalue weighted by Gasteiger charge is 2.58. The summed E-state index contributed by atoms with van der Waals surface area (Å²) in [4.78, 5) is 39.5. The number of ketones is 1. The normalized spacial score (nSPS) is 21.4. The molecule has 4 rings (SSSR count). The van der Waals surface area contributed by atoms with Crippen molar-refractivity contribution >= 4 is 33.4 Å². The lowest BCUT2D eigenvalue weighted by atomic mass is 9.74. The number of carbonyl (C=O) groups is 3. The van der Waals surface area contributed by atoms with Crippen LogP contribution in [0.3, 0.4) is 0 Å². The van der Waals surface area contributed by atoms with Crippen molar-refractivity contribution in [1.29, 1.82) is 0 Å². The lowest BCUT2D eigenvalue weighted by Gasteiger charge is -2.39. The summed E-state index contributed by atoms with van der Waals surface area (Å²) >= 11 is 0. The Morgan fingerprint density at radius 2 is 1.69 bits per heavy atom. The summed E-state index contributed by atoms with van der Waals surface area (Å²) in [5, 5.41) is 0. The Morgan fingerprint density at radius 1 is 1.03 bits per heavy atom. The van der Waals surface area contributed by atoms with Crippen LogP contribution in [0.1, 0.15) is 36.8 Å². The fraction of sp³-hybridized carbons (Fsp3) is 0.292. The maximum Gasteiger partial charge on any atom is 0.335 e. The van der Waals surface area contributed by atoms with Crippen molar-refractivity contribution in [2.24, 2.45) is 5.41 Å². The maximum atomic E-state index is 13.8. The molecular weight excluding hydrogens is 430 g/mol. The van der Waals surface area contributed by atoms with Gasteiger partial charge in [-0.3, -0.25) is 9.59 Å². The monoisotopic (exact) mass is 453 g/mol. The fourth-order valence-electron chi connectivity index (χ4n) is 4.45. The molecule has 0 bridgehead atoms. The van der Waals surface area contributed by atoms with Gasteiger partial charge in [-0.2, -0.15) is 0 Å². The van der Waals surface area contributed by atoms with E-state index in [1.165, 1.54) is 19.2 Å². The number of sulfonamides is 1. The van der Waals surface area contributed by atoms with E-state index in [2.05, 4.69) is 0 Å². The minimum Gasteiger partial charge on any atom is -0.466 e. The van der Waals surface area contributed by atoms with E-state index in [1.807, 2.05) is 6.92 Å². The van der Waals surface area contributed by atoms with E-state index < -0.39 is 27.3 Å². The summed E-state index contributed by atoms with van der Waals surface area (Å²) < 4.78 is 33.2. The van der Waals surface area contributed by atoms with E-state index >= 15 is 0 Å². The van der Waals surface area contributed by atoms with E-state index in [0.717, 1.165) is 5.56 Å². The molecule has 166 valence electrons. The lowest BCUT2D eigenvalue weighted by Crippen LogP contribution is -2.52. The molecule has 2 aromatic rings. The minimum absolute atomic E-state index is 0.00392. The zero-order valence-corrected chi connectivity index (χ0v) is 18.6. The minimum atomic E-state index is -4.42. The van der Waals surface area contributed by atoms with Crippen LogP contribution in [0, 0.1) is 12.3 Å². The number of ether oxygens (including phenoxy) is 1. The van der Waals surface area contributed by atoms with E-state index in [1.54, 1.807) is 42.5 Å². The van der Waals surface area contributed by atoms with Crippen LogP contribution in [0.5, 0.6) is 0 Å². The highest BCUT2D eigenvalue weighted by Crippen LogP contribution is 2.50. The van der Waals surface area contributed by atoms with Crippen LogP contribution in [-0.4, -0.2) is 37.5 Å². The highest BCUT2D eigenvalue weighted by atomic mass is 32.2. The van der Waals surface area contributed by atoms with Gasteiger partial charge in [0.15, 0.2) is 0 Å². The van der Waals surface area contributed by atoms with E-state index in [9.17, 15) is 22.8 Å². The molecule has 0 unspecified atom stereocenters. The number of Topliss-reactive ketones (excluding diaryl/α,β-unsaturated/α-hetero) is 1. The maximum absolute atomic E-state index is 13.8. The van der Waals surface area contributed by atoms with Crippen molar-refractivity contribution < 1.29 is 27.5 Å². The van der Waals surface area contributed by atoms with E-state index in [4.69, 9.17) is 4.74 Å².